The summed E-state index contributed by atoms with van der Waals surface area (Å²) in [5.41, 5.74) is 2.23. The number of rotatable bonds is 7. The molecule has 1 fully saturated rings. The first-order valence-corrected chi connectivity index (χ1v) is 8.91. The molecule has 2 rings (SSSR count). The highest BCUT2D eigenvalue weighted by Gasteiger charge is 2.22. The van der Waals surface area contributed by atoms with Crippen molar-refractivity contribution in [3.05, 3.63) is 29.3 Å². The molecular formula is C19H32N2O2. The summed E-state index contributed by atoms with van der Waals surface area (Å²) in [6, 6.07) is 6.10. The Morgan fingerprint density at radius 1 is 1.22 bits per heavy atom. The summed E-state index contributed by atoms with van der Waals surface area (Å²) < 4.78 is 5.78. The number of hydrogen-bond donors (Lipinski definition) is 2. The van der Waals surface area contributed by atoms with E-state index in [4.69, 9.17) is 4.74 Å². The van der Waals surface area contributed by atoms with Gasteiger partial charge in [-0.3, -0.25) is 0 Å². The second-order valence-corrected chi connectivity index (χ2v) is 6.85. The zero-order chi connectivity index (χ0) is 16.8. The predicted molar refractivity (Wildman–Crippen MR) is 95.0 cm³/mol. The maximum atomic E-state index is 10.8. The van der Waals surface area contributed by atoms with Gasteiger partial charge in [-0.05, 0) is 49.4 Å². The number of hydrogen-bond acceptors (Lipinski definition) is 4. The molecule has 0 aromatic heterocycles. The molecule has 1 aliphatic heterocycles. The van der Waals surface area contributed by atoms with Gasteiger partial charge in [-0.2, -0.15) is 0 Å². The highest BCUT2D eigenvalue weighted by Crippen LogP contribution is 2.29. The van der Waals surface area contributed by atoms with Gasteiger partial charge in [0.25, 0.3) is 0 Å². The van der Waals surface area contributed by atoms with Crippen molar-refractivity contribution in [3.8, 4) is 5.75 Å². The molecule has 130 valence electrons. The van der Waals surface area contributed by atoms with E-state index in [1.807, 2.05) is 26.0 Å². The number of benzene rings is 1. The molecule has 0 aliphatic carbocycles. The van der Waals surface area contributed by atoms with Crippen molar-refractivity contribution in [1.29, 1.82) is 0 Å². The molecule has 1 aromatic carbocycles. The van der Waals surface area contributed by atoms with Crippen LogP contribution in [0.4, 0.5) is 0 Å². The highest BCUT2D eigenvalue weighted by atomic mass is 16.5. The average Bonchev–Trinajstić information content (AvgIpc) is 2.54. The Labute approximate surface area is 140 Å². The van der Waals surface area contributed by atoms with E-state index in [-0.39, 0.29) is 12.0 Å². The minimum atomic E-state index is -0.423. The zero-order valence-corrected chi connectivity index (χ0v) is 15.0. The Balaban J connectivity index is 2.05. The van der Waals surface area contributed by atoms with E-state index in [0.717, 1.165) is 50.5 Å². The molecule has 1 heterocycles. The van der Waals surface area contributed by atoms with Crippen LogP contribution in [-0.2, 0) is 6.42 Å². The SMILES string of the molecule is CCc1cc(OC(C)C)ccc1C(O)C(C)CN1CCNCC1. The fraction of sp³-hybridized carbons (Fsp3) is 0.684. The lowest BCUT2D eigenvalue weighted by Crippen LogP contribution is -2.45. The van der Waals surface area contributed by atoms with Crippen LogP contribution < -0.4 is 10.1 Å². The van der Waals surface area contributed by atoms with Crippen molar-refractivity contribution in [2.45, 2.75) is 46.3 Å². The molecule has 2 atom stereocenters. The standard InChI is InChI=1S/C19H32N2O2/c1-5-16-12-17(23-14(2)3)6-7-18(16)19(22)15(4)13-21-10-8-20-9-11-21/h6-7,12,14-15,19-20,22H,5,8-11,13H2,1-4H3. The third-order valence-corrected chi connectivity index (χ3v) is 4.48. The van der Waals surface area contributed by atoms with Gasteiger partial charge in [-0.1, -0.05) is 19.9 Å². The number of aliphatic hydroxyl groups excluding tert-OH is 1. The number of ether oxygens (including phenoxy) is 1. The normalized spacial score (nSPS) is 18.9. The van der Waals surface area contributed by atoms with Crippen LogP contribution in [0.15, 0.2) is 18.2 Å². The second-order valence-electron chi connectivity index (χ2n) is 6.85. The lowest BCUT2D eigenvalue weighted by Gasteiger charge is -2.32. The Morgan fingerprint density at radius 3 is 2.52 bits per heavy atom. The number of piperazine rings is 1. The first-order valence-electron chi connectivity index (χ1n) is 8.91. The number of aryl methyl sites for hydroxylation is 1. The van der Waals surface area contributed by atoms with Crippen LogP contribution in [0.1, 0.15) is 44.9 Å². The summed E-state index contributed by atoms with van der Waals surface area (Å²) in [5.74, 6) is 1.11. The summed E-state index contributed by atoms with van der Waals surface area (Å²) in [6.45, 7) is 13.5. The molecule has 4 nitrogen and oxygen atoms in total. The van der Waals surface area contributed by atoms with Crippen molar-refractivity contribution in [2.75, 3.05) is 32.7 Å². The van der Waals surface area contributed by atoms with Gasteiger partial charge >= 0.3 is 0 Å². The first kappa shape index (κ1) is 18.2. The highest BCUT2D eigenvalue weighted by molar-refractivity contribution is 5.37. The van der Waals surface area contributed by atoms with E-state index in [1.54, 1.807) is 0 Å². The number of aliphatic hydroxyl groups is 1. The van der Waals surface area contributed by atoms with Crippen LogP contribution in [0.2, 0.25) is 0 Å². The minimum absolute atomic E-state index is 0.169. The van der Waals surface area contributed by atoms with Gasteiger partial charge < -0.3 is 20.1 Å². The van der Waals surface area contributed by atoms with Crippen LogP contribution >= 0.6 is 0 Å². The molecule has 0 spiro atoms. The molecule has 2 unspecified atom stereocenters. The van der Waals surface area contributed by atoms with Gasteiger partial charge in [-0.25, -0.2) is 0 Å². The lowest BCUT2D eigenvalue weighted by molar-refractivity contribution is 0.0835. The van der Waals surface area contributed by atoms with Crippen LogP contribution in [0, 0.1) is 5.92 Å². The molecule has 4 heteroatoms. The van der Waals surface area contributed by atoms with Crippen molar-refractivity contribution < 1.29 is 9.84 Å². The van der Waals surface area contributed by atoms with Crippen molar-refractivity contribution in [2.24, 2.45) is 5.92 Å². The number of nitrogens with zero attached hydrogens (tertiary/aromatic N) is 1. The van der Waals surface area contributed by atoms with Crippen LogP contribution in [0.3, 0.4) is 0 Å². The fourth-order valence-electron chi connectivity index (χ4n) is 3.23. The van der Waals surface area contributed by atoms with Crippen molar-refractivity contribution >= 4 is 0 Å². The molecule has 1 aromatic rings. The second kappa shape index (κ2) is 8.67. The maximum Gasteiger partial charge on any atom is 0.119 e. The summed E-state index contributed by atoms with van der Waals surface area (Å²) >= 11 is 0. The summed E-state index contributed by atoms with van der Waals surface area (Å²) in [6.07, 6.45) is 0.650. The van der Waals surface area contributed by atoms with E-state index >= 15 is 0 Å². The quantitative estimate of drug-likeness (QED) is 0.810. The van der Waals surface area contributed by atoms with Crippen molar-refractivity contribution in [3.63, 3.8) is 0 Å². The zero-order valence-electron chi connectivity index (χ0n) is 15.0. The predicted octanol–water partition coefficient (Wildman–Crippen LogP) is 2.61. The van der Waals surface area contributed by atoms with Gasteiger partial charge in [0.05, 0.1) is 12.2 Å². The Hall–Kier alpha value is -1.10. The molecule has 23 heavy (non-hydrogen) atoms. The van der Waals surface area contributed by atoms with E-state index in [9.17, 15) is 5.11 Å². The summed E-state index contributed by atoms with van der Waals surface area (Å²) in [7, 11) is 0. The Bertz CT molecular complexity index is 484. The first-order chi connectivity index (χ1) is 11.0. The van der Waals surface area contributed by atoms with Crippen LogP contribution in [-0.4, -0.2) is 48.8 Å². The molecule has 0 amide bonds. The minimum Gasteiger partial charge on any atom is -0.491 e. The molecule has 0 bridgehead atoms. The average molecular weight is 320 g/mol. The van der Waals surface area contributed by atoms with E-state index < -0.39 is 6.10 Å². The maximum absolute atomic E-state index is 10.8. The largest absolute Gasteiger partial charge is 0.491 e. The van der Waals surface area contributed by atoms with Crippen LogP contribution in [0.25, 0.3) is 0 Å². The van der Waals surface area contributed by atoms with Gasteiger partial charge in [0.15, 0.2) is 0 Å². The molecule has 0 saturated carbocycles. The smallest absolute Gasteiger partial charge is 0.119 e. The fourth-order valence-corrected chi connectivity index (χ4v) is 3.23. The Morgan fingerprint density at radius 2 is 1.91 bits per heavy atom. The van der Waals surface area contributed by atoms with Crippen molar-refractivity contribution in [1.82, 2.24) is 10.2 Å². The molecular weight excluding hydrogens is 288 g/mol. The number of nitrogens with one attached hydrogen (secondary N) is 1. The summed E-state index contributed by atoms with van der Waals surface area (Å²) in [5, 5.41) is 14.2. The molecule has 2 N–H and O–H groups in total. The molecule has 1 saturated heterocycles. The van der Waals surface area contributed by atoms with Gasteiger partial charge in [0.2, 0.25) is 0 Å². The van der Waals surface area contributed by atoms with Gasteiger partial charge in [0.1, 0.15) is 5.75 Å². The monoisotopic (exact) mass is 320 g/mol. The van der Waals surface area contributed by atoms with E-state index in [0.29, 0.717) is 0 Å². The lowest BCUT2D eigenvalue weighted by atomic mass is 9.92. The third-order valence-electron chi connectivity index (χ3n) is 4.48. The third kappa shape index (κ3) is 5.20. The van der Waals surface area contributed by atoms with E-state index in [2.05, 4.69) is 30.1 Å². The summed E-state index contributed by atoms with van der Waals surface area (Å²) in [4.78, 5) is 2.44. The topological polar surface area (TPSA) is 44.7 Å². The molecule has 1 aliphatic rings. The molecule has 0 radical (unpaired) electrons. The Kier molecular flexibility index (Phi) is 6.88. The van der Waals surface area contributed by atoms with Gasteiger partial charge in [0, 0.05) is 32.7 Å². The van der Waals surface area contributed by atoms with Crippen LogP contribution in [0.5, 0.6) is 5.75 Å². The van der Waals surface area contributed by atoms with E-state index in [1.165, 1.54) is 5.56 Å². The van der Waals surface area contributed by atoms with Gasteiger partial charge in [-0.15, -0.1) is 0 Å².